The van der Waals surface area contributed by atoms with Crippen LogP contribution in [-0.4, -0.2) is 46.1 Å². The number of hydrogen-bond acceptors (Lipinski definition) is 4. The van der Waals surface area contributed by atoms with Gasteiger partial charge in [0, 0.05) is 0 Å². The number of hydrogen-bond donors (Lipinski definition) is 4. The Hall–Kier alpha value is -1.43. The van der Waals surface area contributed by atoms with Gasteiger partial charge in [-0.2, -0.15) is 0 Å². The third-order valence-electron chi connectivity index (χ3n) is 11.4. The van der Waals surface area contributed by atoms with Gasteiger partial charge in [0.1, 0.15) is 0 Å². The van der Waals surface area contributed by atoms with Gasteiger partial charge in [0.25, 0.3) is 0 Å². The van der Waals surface area contributed by atoms with Crippen LogP contribution < -0.4 is 5.32 Å². The zero-order valence-corrected chi connectivity index (χ0v) is 37.5. The molecule has 5 heteroatoms. The van der Waals surface area contributed by atoms with Gasteiger partial charge in [-0.3, -0.25) is 4.79 Å². The van der Waals surface area contributed by atoms with Crippen LogP contribution in [-0.2, 0) is 4.79 Å². The van der Waals surface area contributed by atoms with Crippen LogP contribution in [0.3, 0.4) is 0 Å². The summed E-state index contributed by atoms with van der Waals surface area (Å²) >= 11 is 0. The molecule has 5 nitrogen and oxygen atoms in total. The highest BCUT2D eigenvalue weighted by Crippen LogP contribution is 2.16. The van der Waals surface area contributed by atoms with Gasteiger partial charge in [-0.15, -0.1) is 0 Å². The largest absolute Gasteiger partial charge is 0.394 e. The van der Waals surface area contributed by atoms with Crippen molar-refractivity contribution in [1.29, 1.82) is 0 Å². The molecule has 0 aromatic rings. The van der Waals surface area contributed by atoms with Crippen LogP contribution in [0, 0.1) is 0 Å². The van der Waals surface area contributed by atoms with E-state index in [4.69, 9.17) is 0 Å². The Kier molecular flexibility index (Phi) is 45.1. The van der Waals surface area contributed by atoms with E-state index in [1.54, 1.807) is 6.08 Å². The van der Waals surface area contributed by atoms with Gasteiger partial charge >= 0.3 is 0 Å². The smallest absolute Gasteiger partial charge is 0.222 e. The Morgan fingerprint density at radius 3 is 1.14 bits per heavy atom. The Bertz CT molecular complexity index is 870. The number of nitrogens with one attached hydrogen (secondary N) is 1. The maximum atomic E-state index is 12.4. The maximum Gasteiger partial charge on any atom is 0.222 e. The van der Waals surface area contributed by atoms with Crippen molar-refractivity contribution >= 4 is 5.91 Å². The second-order valence-electron chi connectivity index (χ2n) is 17.1. The molecule has 0 aliphatic heterocycles. The fourth-order valence-corrected chi connectivity index (χ4v) is 7.59. The molecular weight excluding hydrogens is 691 g/mol. The molecule has 0 fully saturated rings. The first-order valence-electron chi connectivity index (χ1n) is 24.8. The minimum absolute atomic E-state index is 0.00703. The van der Waals surface area contributed by atoms with Gasteiger partial charge < -0.3 is 20.6 Å². The average Bonchev–Trinajstić information content (AvgIpc) is 3.19. The van der Waals surface area contributed by atoms with E-state index in [-0.39, 0.29) is 18.9 Å². The van der Waals surface area contributed by atoms with Crippen molar-refractivity contribution in [2.45, 2.75) is 276 Å². The molecule has 0 bridgehead atoms. The van der Waals surface area contributed by atoms with E-state index >= 15 is 0 Å². The van der Waals surface area contributed by atoms with E-state index < -0.39 is 18.2 Å². The van der Waals surface area contributed by atoms with Gasteiger partial charge in [-0.1, -0.05) is 230 Å². The quantitative estimate of drug-likeness (QED) is 0.0365. The third kappa shape index (κ3) is 42.2. The van der Waals surface area contributed by atoms with Crippen molar-refractivity contribution in [2.75, 3.05) is 6.61 Å². The summed E-state index contributed by atoms with van der Waals surface area (Å²) in [6, 6.07) is -0.759. The summed E-state index contributed by atoms with van der Waals surface area (Å²) in [5.41, 5.74) is 0. The lowest BCUT2D eigenvalue weighted by Crippen LogP contribution is -2.45. The molecular formula is C51H97NO4. The van der Waals surface area contributed by atoms with Crippen LogP contribution in [0.15, 0.2) is 36.5 Å². The predicted molar refractivity (Wildman–Crippen MR) is 245 cm³/mol. The maximum absolute atomic E-state index is 12.4. The molecule has 0 aromatic carbocycles. The fourth-order valence-electron chi connectivity index (χ4n) is 7.59. The lowest BCUT2D eigenvalue weighted by atomic mass is 10.0. The summed E-state index contributed by atoms with van der Waals surface area (Å²) in [7, 11) is 0. The van der Waals surface area contributed by atoms with Gasteiger partial charge in [0.2, 0.25) is 5.91 Å². The van der Waals surface area contributed by atoms with Crippen molar-refractivity contribution in [3.8, 4) is 0 Å². The summed E-state index contributed by atoms with van der Waals surface area (Å²) in [6.45, 7) is 4.18. The Balaban J connectivity index is 3.52. The Labute approximate surface area is 349 Å². The number of carbonyl (C=O) groups excluding carboxylic acids is 1. The van der Waals surface area contributed by atoms with Gasteiger partial charge in [0.05, 0.1) is 31.3 Å². The molecule has 0 saturated heterocycles. The highest BCUT2D eigenvalue weighted by molar-refractivity contribution is 5.76. The molecule has 1 amide bonds. The average molecular weight is 788 g/mol. The number of aliphatic hydroxyl groups is 3. The predicted octanol–water partition coefficient (Wildman–Crippen LogP) is 14.7. The second-order valence-corrected chi connectivity index (χ2v) is 17.1. The first-order chi connectivity index (χ1) is 27.5. The molecule has 0 spiro atoms. The Morgan fingerprint density at radius 2 is 0.768 bits per heavy atom. The van der Waals surface area contributed by atoms with E-state index in [0.29, 0.717) is 6.42 Å². The molecule has 0 aliphatic carbocycles. The van der Waals surface area contributed by atoms with Crippen LogP contribution >= 0.6 is 0 Å². The number of amides is 1. The molecule has 0 radical (unpaired) electrons. The van der Waals surface area contributed by atoms with E-state index in [1.165, 1.54) is 199 Å². The normalized spacial score (nSPS) is 13.7. The Morgan fingerprint density at radius 1 is 0.446 bits per heavy atom. The third-order valence-corrected chi connectivity index (χ3v) is 11.4. The molecule has 0 aliphatic rings. The summed E-state index contributed by atoms with van der Waals surface area (Å²) in [5.74, 6) is -0.325. The van der Waals surface area contributed by atoms with E-state index in [2.05, 4.69) is 43.5 Å². The minimum atomic E-state index is -0.949. The lowest BCUT2D eigenvalue weighted by Gasteiger charge is -2.21. The molecule has 0 saturated carbocycles. The number of aliphatic hydroxyl groups excluding tert-OH is 3. The van der Waals surface area contributed by atoms with Crippen LogP contribution in [0.2, 0.25) is 0 Å². The zero-order valence-electron chi connectivity index (χ0n) is 37.5. The molecule has 3 atom stereocenters. The molecule has 3 unspecified atom stereocenters. The van der Waals surface area contributed by atoms with Crippen molar-refractivity contribution < 1.29 is 20.1 Å². The summed E-state index contributed by atoms with van der Waals surface area (Å²) in [4.78, 5) is 12.4. The molecule has 330 valence electrons. The van der Waals surface area contributed by atoms with Gasteiger partial charge in [-0.05, 0) is 57.8 Å². The monoisotopic (exact) mass is 788 g/mol. The number of carbonyl (C=O) groups is 1. The highest BCUT2D eigenvalue weighted by Gasteiger charge is 2.20. The van der Waals surface area contributed by atoms with Crippen LogP contribution in [0.1, 0.15) is 258 Å². The second kappa shape index (κ2) is 46.3. The summed E-state index contributed by atoms with van der Waals surface area (Å²) in [5, 5.41) is 33.2. The highest BCUT2D eigenvalue weighted by atomic mass is 16.3. The van der Waals surface area contributed by atoms with Crippen molar-refractivity contribution in [2.24, 2.45) is 0 Å². The minimum Gasteiger partial charge on any atom is -0.394 e. The SMILES string of the molecule is CCCCCCC/C=C/CC/C=C/C(O)C(CO)NC(=O)CC(O)CCCCCCCCCCCCCCCC/C=C\CCCCCCCCCCCCCC. The molecule has 56 heavy (non-hydrogen) atoms. The van der Waals surface area contributed by atoms with Crippen molar-refractivity contribution in [3.05, 3.63) is 36.5 Å². The van der Waals surface area contributed by atoms with Gasteiger partial charge in [0.15, 0.2) is 0 Å². The number of rotatable bonds is 45. The summed E-state index contributed by atoms with van der Waals surface area (Å²) < 4.78 is 0. The summed E-state index contributed by atoms with van der Waals surface area (Å²) in [6.07, 6.45) is 59.0. The fraction of sp³-hybridized carbons (Fsp3) is 0.863. The molecule has 4 N–H and O–H groups in total. The zero-order chi connectivity index (χ0) is 40.8. The van der Waals surface area contributed by atoms with Crippen LogP contribution in [0.4, 0.5) is 0 Å². The lowest BCUT2D eigenvalue weighted by molar-refractivity contribution is -0.124. The molecule has 0 heterocycles. The van der Waals surface area contributed by atoms with E-state index in [9.17, 15) is 20.1 Å². The topological polar surface area (TPSA) is 89.8 Å². The van der Waals surface area contributed by atoms with Gasteiger partial charge in [-0.25, -0.2) is 0 Å². The van der Waals surface area contributed by atoms with E-state index in [0.717, 1.165) is 32.1 Å². The molecule has 0 rings (SSSR count). The first-order valence-corrected chi connectivity index (χ1v) is 24.8. The first kappa shape index (κ1) is 54.6. The van der Waals surface area contributed by atoms with Crippen molar-refractivity contribution in [3.63, 3.8) is 0 Å². The van der Waals surface area contributed by atoms with Crippen LogP contribution in [0.5, 0.6) is 0 Å². The van der Waals surface area contributed by atoms with Crippen molar-refractivity contribution in [1.82, 2.24) is 5.32 Å². The number of allylic oxidation sites excluding steroid dienone is 5. The van der Waals surface area contributed by atoms with E-state index in [1.807, 2.05) is 6.08 Å². The van der Waals surface area contributed by atoms with Crippen LogP contribution in [0.25, 0.3) is 0 Å². The number of unbranched alkanes of at least 4 members (excludes halogenated alkanes) is 32. The standard InChI is InChI=1S/C51H97NO4/c1-3-5-7-9-11-13-15-16-17-18-19-20-21-22-23-24-25-26-27-28-29-30-31-32-33-35-36-38-40-42-44-48(54)46-51(56)52-49(47-53)50(55)45-43-41-39-37-34-14-12-10-8-6-4-2/h22-23,34,37,43,45,48-50,53-55H,3-21,24-33,35-36,38-42,44,46-47H2,1-2H3,(H,52,56)/b23-22-,37-34+,45-43+. The molecule has 0 aromatic heterocycles.